The average molecular weight is 294 g/mol. The van der Waals surface area contributed by atoms with Gasteiger partial charge < -0.3 is 4.74 Å². The van der Waals surface area contributed by atoms with Gasteiger partial charge in [0.1, 0.15) is 6.10 Å². The number of amides is 2. The van der Waals surface area contributed by atoms with Crippen LogP contribution >= 0.6 is 11.6 Å². The van der Waals surface area contributed by atoms with Crippen molar-refractivity contribution >= 4 is 29.4 Å². The first kappa shape index (κ1) is 13.1. The predicted molar refractivity (Wildman–Crippen MR) is 70.6 cm³/mol. The van der Waals surface area contributed by atoms with Crippen LogP contribution in [0.15, 0.2) is 24.3 Å². The van der Waals surface area contributed by atoms with Crippen LogP contribution in [0.5, 0.6) is 0 Å². The third-order valence-corrected chi connectivity index (χ3v) is 3.94. The second-order valence-electron chi connectivity index (χ2n) is 4.89. The first-order valence-electron chi connectivity index (χ1n) is 6.34. The fourth-order valence-electron chi connectivity index (χ4n) is 2.69. The maximum Gasteiger partial charge on any atom is 0.308 e. The van der Waals surface area contributed by atoms with Gasteiger partial charge in [-0.1, -0.05) is 12.1 Å². The summed E-state index contributed by atoms with van der Waals surface area (Å²) in [6.45, 7) is 0. The smallest absolute Gasteiger partial charge is 0.308 e. The zero-order valence-corrected chi connectivity index (χ0v) is 11.3. The van der Waals surface area contributed by atoms with Crippen molar-refractivity contribution in [3.63, 3.8) is 0 Å². The first-order chi connectivity index (χ1) is 9.61. The lowest BCUT2D eigenvalue weighted by Gasteiger charge is -2.32. The number of esters is 1. The van der Waals surface area contributed by atoms with Gasteiger partial charge in [0.25, 0.3) is 11.8 Å². The zero-order valence-electron chi connectivity index (χ0n) is 10.5. The van der Waals surface area contributed by atoms with Crippen LogP contribution in [-0.4, -0.2) is 40.7 Å². The molecule has 2 aliphatic heterocycles. The molecule has 0 aliphatic carbocycles. The molecule has 3 rings (SSSR count). The van der Waals surface area contributed by atoms with E-state index in [-0.39, 0.29) is 24.1 Å². The Morgan fingerprint density at radius 2 is 1.75 bits per heavy atom. The summed E-state index contributed by atoms with van der Waals surface area (Å²) >= 11 is 5.71. The molecule has 1 aromatic rings. The van der Waals surface area contributed by atoms with E-state index in [9.17, 15) is 14.4 Å². The van der Waals surface area contributed by atoms with E-state index in [1.54, 1.807) is 24.3 Å². The maximum atomic E-state index is 12.3. The normalized spacial score (nSPS) is 25.6. The van der Waals surface area contributed by atoms with E-state index >= 15 is 0 Å². The number of benzene rings is 1. The summed E-state index contributed by atoms with van der Waals surface area (Å²) in [7, 11) is 0. The molecule has 0 radical (unpaired) electrons. The third kappa shape index (κ3) is 1.98. The fraction of sp³-hybridized carbons (Fsp3) is 0.357. The molecule has 2 amide bonds. The van der Waals surface area contributed by atoms with Crippen molar-refractivity contribution in [2.45, 2.75) is 25.0 Å². The molecule has 0 bridgehead atoms. The Bertz CT molecular complexity index is 566. The number of ether oxygens (including phenoxy) is 1. The molecule has 2 unspecified atom stereocenters. The highest BCUT2D eigenvalue weighted by Crippen LogP contribution is 2.30. The molecule has 0 spiro atoms. The number of hydrogen-bond acceptors (Lipinski definition) is 4. The minimum atomic E-state index is -0.479. The van der Waals surface area contributed by atoms with Gasteiger partial charge in [-0.25, -0.2) is 0 Å². The summed E-state index contributed by atoms with van der Waals surface area (Å²) in [4.78, 5) is 37.4. The van der Waals surface area contributed by atoms with Crippen LogP contribution in [-0.2, 0) is 9.53 Å². The highest BCUT2D eigenvalue weighted by Gasteiger charge is 2.43. The van der Waals surface area contributed by atoms with E-state index in [0.717, 1.165) is 0 Å². The van der Waals surface area contributed by atoms with Gasteiger partial charge in [-0.2, -0.15) is 0 Å². The highest BCUT2D eigenvalue weighted by molar-refractivity contribution is 6.21. The van der Waals surface area contributed by atoms with Crippen molar-refractivity contribution in [1.82, 2.24) is 4.90 Å². The molecule has 0 N–H and O–H groups in total. The Morgan fingerprint density at radius 3 is 2.30 bits per heavy atom. The Balaban J connectivity index is 1.90. The number of carbonyl (C=O) groups excluding carboxylic acids is 3. The summed E-state index contributed by atoms with van der Waals surface area (Å²) in [5.41, 5.74) is 0.776. The van der Waals surface area contributed by atoms with E-state index < -0.39 is 18.1 Å². The second-order valence-corrected chi connectivity index (χ2v) is 5.19. The molecule has 6 heteroatoms. The third-order valence-electron chi connectivity index (χ3n) is 3.60. The minimum absolute atomic E-state index is 0.0266. The lowest BCUT2D eigenvalue weighted by Crippen LogP contribution is -2.47. The lowest BCUT2D eigenvalue weighted by atomic mass is 10.0. The number of halogens is 1. The summed E-state index contributed by atoms with van der Waals surface area (Å²) in [6, 6.07) is 6.19. The van der Waals surface area contributed by atoms with Gasteiger partial charge in [0, 0.05) is 6.42 Å². The summed E-state index contributed by atoms with van der Waals surface area (Å²) in [5, 5.41) is 0. The molecule has 1 saturated heterocycles. The van der Waals surface area contributed by atoms with Gasteiger partial charge in [-0.3, -0.25) is 19.3 Å². The monoisotopic (exact) mass is 293 g/mol. The minimum Gasteiger partial charge on any atom is -0.461 e. The number of alkyl halides is 1. The van der Waals surface area contributed by atoms with Gasteiger partial charge in [0.15, 0.2) is 0 Å². The van der Waals surface area contributed by atoms with E-state index in [2.05, 4.69) is 0 Å². The number of carbonyl (C=O) groups is 3. The summed E-state index contributed by atoms with van der Waals surface area (Å²) in [5.74, 6) is -0.966. The SMILES string of the molecule is O=C1CC(N2C(=O)c3ccccc3C2=O)CC(CCl)O1. The van der Waals surface area contributed by atoms with Crippen molar-refractivity contribution in [3.05, 3.63) is 35.4 Å². The van der Waals surface area contributed by atoms with Crippen molar-refractivity contribution in [2.24, 2.45) is 0 Å². The van der Waals surface area contributed by atoms with Crippen LogP contribution < -0.4 is 0 Å². The number of rotatable bonds is 2. The number of imide groups is 1. The zero-order chi connectivity index (χ0) is 14.3. The molecule has 2 heterocycles. The van der Waals surface area contributed by atoms with E-state index in [4.69, 9.17) is 16.3 Å². The molecule has 20 heavy (non-hydrogen) atoms. The van der Waals surface area contributed by atoms with E-state index in [1.165, 1.54) is 4.90 Å². The number of fused-ring (bicyclic) bond motifs is 1. The molecule has 0 saturated carbocycles. The average Bonchev–Trinajstić information content (AvgIpc) is 2.71. The quantitative estimate of drug-likeness (QED) is 0.472. The van der Waals surface area contributed by atoms with Crippen LogP contribution in [0.25, 0.3) is 0 Å². The topological polar surface area (TPSA) is 63.7 Å². The Hall–Kier alpha value is -1.88. The largest absolute Gasteiger partial charge is 0.461 e. The molecule has 1 fully saturated rings. The predicted octanol–water partition coefficient (Wildman–Crippen LogP) is 1.60. The van der Waals surface area contributed by atoms with Crippen molar-refractivity contribution in [1.29, 1.82) is 0 Å². The van der Waals surface area contributed by atoms with E-state index in [0.29, 0.717) is 17.5 Å². The molecule has 1 aromatic carbocycles. The summed E-state index contributed by atoms with van der Waals surface area (Å²) in [6.07, 6.45) is -0.0354. The lowest BCUT2D eigenvalue weighted by molar-refractivity contribution is -0.154. The molecule has 5 nitrogen and oxygen atoms in total. The van der Waals surface area contributed by atoms with Crippen molar-refractivity contribution in [2.75, 3.05) is 5.88 Å². The molecule has 2 atom stereocenters. The fourth-order valence-corrected chi connectivity index (χ4v) is 2.88. The molecule has 2 aliphatic rings. The Morgan fingerprint density at radius 1 is 1.15 bits per heavy atom. The molecule has 104 valence electrons. The number of nitrogens with zero attached hydrogens (tertiary/aromatic N) is 1. The molecular formula is C14H12ClNO4. The standard InChI is InChI=1S/C14H12ClNO4/c15-7-9-5-8(6-12(17)20-9)16-13(18)10-3-1-2-4-11(10)14(16)19/h1-4,8-9H,5-7H2. The second kappa shape index (κ2) is 4.90. The van der Waals surface area contributed by atoms with Gasteiger partial charge in [-0.05, 0) is 12.1 Å². The number of cyclic esters (lactones) is 1. The van der Waals surface area contributed by atoms with E-state index in [1.807, 2.05) is 0 Å². The van der Waals surface area contributed by atoms with Gasteiger partial charge in [0.05, 0.1) is 29.5 Å². The van der Waals surface area contributed by atoms with Gasteiger partial charge in [-0.15, -0.1) is 11.6 Å². The van der Waals surface area contributed by atoms with Crippen LogP contribution in [0.2, 0.25) is 0 Å². The van der Waals surface area contributed by atoms with Crippen molar-refractivity contribution < 1.29 is 19.1 Å². The van der Waals surface area contributed by atoms with Crippen LogP contribution in [0, 0.1) is 0 Å². The molecular weight excluding hydrogens is 282 g/mol. The van der Waals surface area contributed by atoms with Gasteiger partial charge in [0.2, 0.25) is 0 Å². The molecule has 0 aromatic heterocycles. The summed E-state index contributed by atoms with van der Waals surface area (Å²) < 4.78 is 5.05. The van der Waals surface area contributed by atoms with Crippen LogP contribution in [0.1, 0.15) is 33.6 Å². The van der Waals surface area contributed by atoms with Crippen LogP contribution in [0.3, 0.4) is 0 Å². The Labute approximate surface area is 120 Å². The number of hydrogen-bond donors (Lipinski definition) is 0. The first-order valence-corrected chi connectivity index (χ1v) is 6.87. The Kier molecular flexibility index (Phi) is 3.22. The maximum absolute atomic E-state index is 12.3. The van der Waals surface area contributed by atoms with Crippen molar-refractivity contribution in [3.8, 4) is 0 Å². The van der Waals surface area contributed by atoms with Gasteiger partial charge >= 0.3 is 5.97 Å². The van der Waals surface area contributed by atoms with Crippen LogP contribution in [0.4, 0.5) is 0 Å². The highest BCUT2D eigenvalue weighted by atomic mass is 35.5.